The maximum atomic E-state index is 13.6. The van der Waals surface area contributed by atoms with Gasteiger partial charge in [-0.05, 0) is 57.4 Å². The summed E-state index contributed by atoms with van der Waals surface area (Å²) in [6.07, 6.45) is 6.16. The fourth-order valence-electron chi connectivity index (χ4n) is 6.00. The Kier molecular flexibility index (Phi) is 9.99. The molecular formula is C30H45N5O3. The van der Waals surface area contributed by atoms with E-state index in [-0.39, 0.29) is 12.0 Å². The van der Waals surface area contributed by atoms with Crippen LogP contribution in [0.5, 0.6) is 0 Å². The van der Waals surface area contributed by atoms with Crippen LogP contribution in [0.1, 0.15) is 56.1 Å². The Bertz CT molecular complexity index is 1020. The van der Waals surface area contributed by atoms with Gasteiger partial charge in [-0.15, -0.1) is 0 Å². The molecule has 38 heavy (non-hydrogen) atoms. The third-order valence-electron chi connectivity index (χ3n) is 8.42. The number of likely N-dealkylation sites (tertiary alicyclic amines) is 2. The van der Waals surface area contributed by atoms with Gasteiger partial charge in [0.15, 0.2) is 0 Å². The van der Waals surface area contributed by atoms with Gasteiger partial charge in [-0.25, -0.2) is 4.99 Å². The zero-order valence-corrected chi connectivity index (χ0v) is 23.3. The van der Waals surface area contributed by atoms with E-state index in [1.165, 1.54) is 17.5 Å². The molecule has 2 unspecified atom stereocenters. The average Bonchev–Trinajstić information content (AvgIpc) is 2.95. The number of carbonyl (C=O) groups is 1. The summed E-state index contributed by atoms with van der Waals surface area (Å²) in [5, 5.41) is 3.75. The first-order valence-electron chi connectivity index (χ1n) is 14.0. The monoisotopic (exact) mass is 523 g/mol. The van der Waals surface area contributed by atoms with E-state index in [1.54, 1.807) is 7.11 Å². The Morgan fingerprint density at radius 2 is 1.87 bits per heavy atom. The van der Waals surface area contributed by atoms with Crippen molar-refractivity contribution in [3.05, 3.63) is 58.9 Å². The number of methoxy groups -OCH3 is 1. The van der Waals surface area contributed by atoms with E-state index in [0.29, 0.717) is 43.4 Å². The number of nitrogens with two attached hydrogens (primary N) is 1. The molecular weight excluding hydrogens is 478 g/mol. The molecule has 0 aromatic heterocycles. The van der Waals surface area contributed by atoms with Crippen LogP contribution in [0.2, 0.25) is 0 Å². The number of carbonyl (C=O) groups excluding carboxylic acids is 1. The van der Waals surface area contributed by atoms with Crippen LogP contribution < -0.4 is 11.1 Å². The number of nitrogens with one attached hydrogen (secondary N) is 1. The van der Waals surface area contributed by atoms with Crippen molar-refractivity contribution in [2.75, 3.05) is 46.5 Å². The smallest absolute Gasteiger partial charge is 0.272 e. The van der Waals surface area contributed by atoms with Crippen molar-refractivity contribution in [1.29, 1.82) is 0 Å². The quantitative estimate of drug-likeness (QED) is 0.235. The first-order valence-corrected chi connectivity index (χ1v) is 14.0. The number of nitrogens with zero attached hydrogens (tertiary/aromatic N) is 3. The van der Waals surface area contributed by atoms with Crippen molar-refractivity contribution in [2.45, 2.75) is 70.1 Å². The Balaban J connectivity index is 1.34. The van der Waals surface area contributed by atoms with Gasteiger partial charge < -0.3 is 30.3 Å². The Labute approximate surface area is 227 Å². The van der Waals surface area contributed by atoms with Crippen LogP contribution in [0.15, 0.2) is 52.8 Å². The summed E-state index contributed by atoms with van der Waals surface area (Å²) in [5.74, 6) is 0.487. The SMILES string of the molecule is C=C(/C(C)=C(\N=C/N)C(=O)N1CCC(NC2CCOCC2OC)CC1)N1CCC(c2cccc(C)c2)CC1. The molecule has 3 saturated heterocycles. The van der Waals surface area contributed by atoms with E-state index in [9.17, 15) is 4.79 Å². The van der Waals surface area contributed by atoms with Gasteiger partial charge in [0.1, 0.15) is 5.70 Å². The molecule has 1 aromatic carbocycles. The summed E-state index contributed by atoms with van der Waals surface area (Å²) in [4.78, 5) is 22.1. The van der Waals surface area contributed by atoms with E-state index in [0.717, 1.165) is 63.1 Å². The topological polar surface area (TPSA) is 92.4 Å². The van der Waals surface area contributed by atoms with E-state index < -0.39 is 0 Å². The summed E-state index contributed by atoms with van der Waals surface area (Å²) in [7, 11) is 1.74. The van der Waals surface area contributed by atoms with Crippen molar-refractivity contribution in [2.24, 2.45) is 10.7 Å². The van der Waals surface area contributed by atoms with Crippen LogP contribution in [0.4, 0.5) is 0 Å². The van der Waals surface area contributed by atoms with Crippen molar-refractivity contribution in [1.82, 2.24) is 15.1 Å². The lowest BCUT2D eigenvalue weighted by Gasteiger charge is -2.38. The molecule has 0 bridgehead atoms. The number of hydrogen-bond acceptors (Lipinski definition) is 6. The number of amides is 1. The molecule has 8 nitrogen and oxygen atoms in total. The molecule has 3 N–H and O–H groups in total. The third-order valence-corrected chi connectivity index (χ3v) is 8.42. The normalized spacial score (nSPS) is 24.5. The molecule has 3 aliphatic heterocycles. The van der Waals surface area contributed by atoms with Crippen LogP contribution in [-0.4, -0.2) is 86.7 Å². The van der Waals surface area contributed by atoms with Gasteiger partial charge in [-0.2, -0.15) is 0 Å². The maximum absolute atomic E-state index is 13.6. The zero-order valence-electron chi connectivity index (χ0n) is 23.3. The minimum absolute atomic E-state index is 0.0701. The lowest BCUT2D eigenvalue weighted by atomic mass is 9.88. The highest BCUT2D eigenvalue weighted by molar-refractivity contribution is 5.95. The van der Waals surface area contributed by atoms with E-state index >= 15 is 0 Å². The molecule has 1 aromatic rings. The number of aliphatic imine (C=N–C) groups is 1. The first kappa shape index (κ1) is 28.3. The molecule has 4 rings (SSSR count). The number of rotatable bonds is 8. The summed E-state index contributed by atoms with van der Waals surface area (Å²) in [6, 6.07) is 9.47. The number of benzene rings is 1. The Morgan fingerprint density at radius 1 is 1.16 bits per heavy atom. The predicted octanol–water partition coefficient (Wildman–Crippen LogP) is 3.33. The number of hydrogen-bond donors (Lipinski definition) is 2. The van der Waals surface area contributed by atoms with Crippen LogP contribution in [-0.2, 0) is 14.3 Å². The number of aryl methyl sites for hydroxylation is 1. The van der Waals surface area contributed by atoms with Gasteiger partial charge in [0.25, 0.3) is 5.91 Å². The fraction of sp³-hybridized carbons (Fsp3) is 0.600. The van der Waals surface area contributed by atoms with Gasteiger partial charge in [-0.1, -0.05) is 36.4 Å². The van der Waals surface area contributed by atoms with E-state index in [1.807, 2.05) is 11.8 Å². The number of allylic oxidation sites excluding steroid dienone is 1. The highest BCUT2D eigenvalue weighted by Gasteiger charge is 2.32. The summed E-state index contributed by atoms with van der Waals surface area (Å²) >= 11 is 0. The van der Waals surface area contributed by atoms with Gasteiger partial charge in [0, 0.05) is 63.2 Å². The molecule has 208 valence electrons. The summed E-state index contributed by atoms with van der Waals surface area (Å²) in [6.45, 7) is 13.0. The van der Waals surface area contributed by atoms with Gasteiger partial charge in [0.2, 0.25) is 0 Å². The second kappa shape index (κ2) is 13.4. The van der Waals surface area contributed by atoms with Crippen molar-refractivity contribution >= 4 is 12.2 Å². The molecule has 3 fully saturated rings. The van der Waals surface area contributed by atoms with Crippen LogP contribution in [0, 0.1) is 6.92 Å². The minimum Gasteiger partial charge on any atom is -0.390 e. The molecule has 0 radical (unpaired) electrons. The lowest BCUT2D eigenvalue weighted by Crippen LogP contribution is -2.54. The fourth-order valence-corrected chi connectivity index (χ4v) is 6.00. The molecule has 0 spiro atoms. The van der Waals surface area contributed by atoms with E-state index in [2.05, 4.69) is 53.0 Å². The zero-order chi connectivity index (χ0) is 27.1. The van der Waals surface area contributed by atoms with Gasteiger partial charge in [-0.3, -0.25) is 4.79 Å². The molecule has 0 aliphatic carbocycles. The maximum Gasteiger partial charge on any atom is 0.272 e. The minimum atomic E-state index is -0.0701. The second-order valence-electron chi connectivity index (χ2n) is 10.9. The Morgan fingerprint density at radius 3 is 2.53 bits per heavy atom. The lowest BCUT2D eigenvalue weighted by molar-refractivity contribution is -0.128. The van der Waals surface area contributed by atoms with E-state index in [4.69, 9.17) is 15.2 Å². The summed E-state index contributed by atoms with van der Waals surface area (Å²) in [5.41, 5.74) is 10.5. The standard InChI is InChI=1S/C30H45N5O3/c1-21-6-5-7-25(18-21)24-8-13-34(14-9-24)23(3)22(2)29(32-20-31)30(36)35-15-10-26(11-16-35)33-27-12-17-38-19-28(27)37-4/h5-7,18,20,24,26-28,33H,3,8-17,19H2,1-2,4H3,(H2,31,32)/b29-22-. The first-order chi connectivity index (χ1) is 18.4. The van der Waals surface area contributed by atoms with Gasteiger partial charge >= 0.3 is 0 Å². The Hall–Kier alpha value is -2.68. The second-order valence-corrected chi connectivity index (χ2v) is 10.9. The number of piperidine rings is 2. The molecule has 2 atom stereocenters. The van der Waals surface area contributed by atoms with Crippen molar-refractivity contribution in [3.8, 4) is 0 Å². The van der Waals surface area contributed by atoms with Crippen LogP contribution in [0.3, 0.4) is 0 Å². The molecule has 1 amide bonds. The predicted molar refractivity (Wildman–Crippen MR) is 152 cm³/mol. The van der Waals surface area contributed by atoms with Crippen molar-refractivity contribution in [3.63, 3.8) is 0 Å². The largest absolute Gasteiger partial charge is 0.390 e. The third kappa shape index (κ3) is 6.84. The van der Waals surface area contributed by atoms with Crippen LogP contribution in [0.25, 0.3) is 0 Å². The van der Waals surface area contributed by atoms with Gasteiger partial charge in [0.05, 0.1) is 19.0 Å². The number of ether oxygens (including phenoxy) is 2. The van der Waals surface area contributed by atoms with Crippen molar-refractivity contribution < 1.29 is 14.3 Å². The summed E-state index contributed by atoms with van der Waals surface area (Å²) < 4.78 is 11.1. The highest BCUT2D eigenvalue weighted by atomic mass is 16.5. The molecule has 8 heteroatoms. The molecule has 0 saturated carbocycles. The average molecular weight is 524 g/mol. The van der Waals surface area contributed by atoms with Crippen LogP contribution >= 0.6 is 0 Å². The molecule has 3 aliphatic rings. The molecule has 3 heterocycles. The highest BCUT2D eigenvalue weighted by Crippen LogP contribution is 2.32.